The number of nitrogens with one attached hydrogen (secondary N) is 1. The average Bonchev–Trinajstić information content (AvgIpc) is 2.14. The number of pyridine rings is 1. The Bertz CT molecular complexity index is 436. The summed E-state index contributed by atoms with van der Waals surface area (Å²) in [6.45, 7) is 9.51. The van der Waals surface area contributed by atoms with Crippen LogP contribution in [0.25, 0.3) is 0 Å². The minimum atomic E-state index is -0.245. The van der Waals surface area contributed by atoms with E-state index in [0.29, 0.717) is 16.6 Å². The molecule has 0 saturated heterocycles. The quantitative estimate of drug-likeness (QED) is 0.688. The summed E-state index contributed by atoms with van der Waals surface area (Å²) >= 11 is 3.31. The lowest BCUT2D eigenvalue weighted by Crippen LogP contribution is -2.40. The van der Waals surface area contributed by atoms with Gasteiger partial charge in [0.15, 0.2) is 0 Å². The van der Waals surface area contributed by atoms with Crippen molar-refractivity contribution in [1.29, 1.82) is 0 Å². The van der Waals surface area contributed by atoms with Gasteiger partial charge in [-0.15, -0.1) is 6.58 Å². The second-order valence-corrected chi connectivity index (χ2v) is 5.68. The second-order valence-electron chi connectivity index (χ2n) is 4.87. The third-order valence-electron chi connectivity index (χ3n) is 1.95. The molecular weight excluding hydrogens is 280 g/mol. The Labute approximate surface area is 110 Å². The van der Waals surface area contributed by atoms with E-state index in [0.717, 1.165) is 5.69 Å². The predicted octanol–water partition coefficient (Wildman–Crippen LogP) is 3.10. The summed E-state index contributed by atoms with van der Waals surface area (Å²) in [7, 11) is 0. The van der Waals surface area contributed by atoms with Gasteiger partial charge in [0.25, 0.3) is 5.91 Å². The van der Waals surface area contributed by atoms with Crippen LogP contribution in [-0.4, -0.2) is 16.4 Å². The molecule has 0 radical (unpaired) electrons. The van der Waals surface area contributed by atoms with Crippen LogP contribution < -0.4 is 5.32 Å². The molecule has 0 spiro atoms. The number of hydrogen-bond donors (Lipinski definition) is 1. The number of carbonyl (C=O) groups is 1. The molecule has 1 amide bonds. The summed E-state index contributed by atoms with van der Waals surface area (Å²) in [6, 6.07) is 3.50. The van der Waals surface area contributed by atoms with Crippen LogP contribution in [0.15, 0.2) is 29.4 Å². The van der Waals surface area contributed by atoms with Crippen molar-refractivity contribution in [1.82, 2.24) is 10.3 Å². The number of carbonyl (C=O) groups excluding carboxylic acids is 1. The van der Waals surface area contributed by atoms with Gasteiger partial charge >= 0.3 is 0 Å². The lowest BCUT2D eigenvalue weighted by molar-refractivity contribution is 0.0919. The highest BCUT2D eigenvalue weighted by atomic mass is 79.9. The van der Waals surface area contributed by atoms with E-state index in [-0.39, 0.29) is 11.4 Å². The molecule has 1 aromatic heterocycles. The van der Waals surface area contributed by atoms with Gasteiger partial charge in [-0.2, -0.15) is 0 Å². The molecule has 4 heteroatoms. The molecule has 0 fully saturated rings. The summed E-state index contributed by atoms with van der Waals surface area (Å²) < 4.78 is 0.663. The topological polar surface area (TPSA) is 42.0 Å². The van der Waals surface area contributed by atoms with E-state index in [4.69, 9.17) is 0 Å². The van der Waals surface area contributed by atoms with Crippen LogP contribution in [0.5, 0.6) is 0 Å². The van der Waals surface area contributed by atoms with Gasteiger partial charge < -0.3 is 5.32 Å². The highest BCUT2D eigenvalue weighted by Crippen LogP contribution is 2.13. The van der Waals surface area contributed by atoms with E-state index < -0.39 is 0 Å². The largest absolute Gasteiger partial charge is 0.347 e. The summed E-state index contributed by atoms with van der Waals surface area (Å²) in [5.74, 6) is -0.0917. The number of allylic oxidation sites excluding steroid dienone is 1. The van der Waals surface area contributed by atoms with Crippen molar-refractivity contribution in [3.63, 3.8) is 0 Å². The van der Waals surface area contributed by atoms with Gasteiger partial charge in [0.1, 0.15) is 4.60 Å². The fourth-order valence-electron chi connectivity index (χ4n) is 1.35. The zero-order chi connectivity index (χ0) is 13.1. The normalized spacial score (nSPS) is 11.1. The number of rotatable bonds is 3. The Hall–Kier alpha value is -1.16. The van der Waals surface area contributed by atoms with Crippen molar-refractivity contribution in [2.75, 3.05) is 0 Å². The minimum absolute atomic E-state index is 0.0917. The maximum Gasteiger partial charge on any atom is 0.251 e. The Balaban J connectivity index is 2.97. The summed E-state index contributed by atoms with van der Waals surface area (Å²) in [6.07, 6.45) is 2.41. The zero-order valence-electron chi connectivity index (χ0n) is 10.4. The molecule has 1 rings (SSSR count). The first-order valence-corrected chi connectivity index (χ1v) is 6.21. The molecule has 0 bridgehead atoms. The minimum Gasteiger partial charge on any atom is -0.347 e. The van der Waals surface area contributed by atoms with Gasteiger partial charge in [-0.05, 0) is 48.8 Å². The van der Waals surface area contributed by atoms with Crippen LogP contribution in [-0.2, 0) is 6.42 Å². The van der Waals surface area contributed by atoms with Crippen molar-refractivity contribution < 1.29 is 4.79 Å². The molecule has 0 aliphatic heterocycles. The van der Waals surface area contributed by atoms with E-state index in [1.165, 1.54) is 0 Å². The fraction of sp³-hybridized carbons (Fsp3) is 0.385. The highest BCUT2D eigenvalue weighted by Gasteiger charge is 2.16. The highest BCUT2D eigenvalue weighted by molar-refractivity contribution is 9.10. The van der Waals surface area contributed by atoms with E-state index in [1.807, 2.05) is 20.8 Å². The number of aromatic nitrogens is 1. The fourth-order valence-corrected chi connectivity index (χ4v) is 1.82. The Kier molecular flexibility index (Phi) is 4.46. The molecule has 0 unspecified atom stereocenters. The van der Waals surface area contributed by atoms with E-state index in [2.05, 4.69) is 32.8 Å². The third kappa shape index (κ3) is 4.69. The molecule has 3 nitrogen and oxygen atoms in total. The van der Waals surface area contributed by atoms with Crippen LogP contribution in [0.2, 0.25) is 0 Å². The lowest BCUT2D eigenvalue weighted by atomic mass is 10.1. The Morgan fingerprint density at radius 3 is 2.71 bits per heavy atom. The van der Waals surface area contributed by atoms with Crippen molar-refractivity contribution in [3.05, 3.63) is 40.6 Å². The summed E-state index contributed by atoms with van der Waals surface area (Å²) in [5, 5.41) is 2.92. The third-order valence-corrected chi connectivity index (χ3v) is 2.36. The van der Waals surface area contributed by atoms with Gasteiger partial charge in [0.2, 0.25) is 0 Å². The zero-order valence-corrected chi connectivity index (χ0v) is 12.0. The Morgan fingerprint density at radius 2 is 2.18 bits per heavy atom. The van der Waals surface area contributed by atoms with Crippen molar-refractivity contribution in [2.24, 2.45) is 0 Å². The second kappa shape index (κ2) is 5.45. The standard InChI is InChI=1S/C13H17BrN2O/c1-5-6-10-7-9(8-11(14)15-10)12(17)16-13(2,3)4/h5,7-8H,1,6H2,2-4H3,(H,16,17). The molecule has 1 N–H and O–H groups in total. The van der Waals surface area contributed by atoms with Crippen LogP contribution >= 0.6 is 15.9 Å². The van der Waals surface area contributed by atoms with Gasteiger partial charge in [-0.25, -0.2) is 4.98 Å². The molecule has 0 saturated carbocycles. The van der Waals surface area contributed by atoms with Crippen LogP contribution in [0.3, 0.4) is 0 Å². The molecule has 0 aromatic carbocycles. The van der Waals surface area contributed by atoms with Crippen molar-refractivity contribution in [3.8, 4) is 0 Å². The first-order chi connectivity index (χ1) is 7.81. The van der Waals surface area contributed by atoms with Crippen molar-refractivity contribution in [2.45, 2.75) is 32.7 Å². The first-order valence-electron chi connectivity index (χ1n) is 5.42. The van der Waals surface area contributed by atoms with Gasteiger partial charge in [0, 0.05) is 23.2 Å². The van der Waals surface area contributed by atoms with Crippen LogP contribution in [0.4, 0.5) is 0 Å². The summed E-state index contributed by atoms with van der Waals surface area (Å²) in [5.41, 5.74) is 1.19. The number of hydrogen-bond acceptors (Lipinski definition) is 2. The first kappa shape index (κ1) is 13.9. The van der Waals surface area contributed by atoms with Gasteiger partial charge in [-0.1, -0.05) is 6.08 Å². The molecule has 0 aliphatic carbocycles. The molecule has 0 aliphatic rings. The van der Waals surface area contributed by atoms with Gasteiger partial charge in [0.05, 0.1) is 0 Å². The van der Waals surface area contributed by atoms with Crippen LogP contribution in [0, 0.1) is 0 Å². The molecular formula is C13H17BrN2O. The van der Waals surface area contributed by atoms with Gasteiger partial charge in [-0.3, -0.25) is 4.79 Å². The molecule has 1 heterocycles. The monoisotopic (exact) mass is 296 g/mol. The summed E-state index contributed by atoms with van der Waals surface area (Å²) in [4.78, 5) is 16.3. The molecule has 17 heavy (non-hydrogen) atoms. The maximum absolute atomic E-state index is 12.0. The average molecular weight is 297 g/mol. The number of nitrogens with zero attached hydrogens (tertiary/aromatic N) is 1. The lowest BCUT2D eigenvalue weighted by Gasteiger charge is -2.20. The molecule has 92 valence electrons. The van der Waals surface area contributed by atoms with Crippen LogP contribution in [0.1, 0.15) is 36.8 Å². The van der Waals surface area contributed by atoms with E-state index in [9.17, 15) is 4.79 Å². The number of halogens is 1. The Morgan fingerprint density at radius 1 is 1.53 bits per heavy atom. The smallest absolute Gasteiger partial charge is 0.251 e. The van der Waals surface area contributed by atoms with E-state index in [1.54, 1.807) is 18.2 Å². The number of amides is 1. The van der Waals surface area contributed by atoms with E-state index >= 15 is 0 Å². The maximum atomic E-state index is 12.0. The SMILES string of the molecule is C=CCc1cc(C(=O)NC(C)(C)C)cc(Br)n1. The molecule has 0 atom stereocenters. The predicted molar refractivity (Wildman–Crippen MR) is 73.1 cm³/mol. The molecule has 1 aromatic rings. The van der Waals surface area contributed by atoms with Crippen molar-refractivity contribution >= 4 is 21.8 Å².